The maximum atomic E-state index is 2.27. The first-order valence-corrected chi connectivity index (χ1v) is 12.3. The highest BCUT2D eigenvalue weighted by Crippen LogP contribution is 2.35. The monoisotopic (exact) mass is 461 g/mol. The van der Waals surface area contributed by atoms with E-state index in [-0.39, 0.29) is 0 Å². The average molecular weight is 462 g/mol. The van der Waals surface area contributed by atoms with E-state index in [1.165, 1.54) is 49.8 Å². The van der Waals surface area contributed by atoms with Gasteiger partial charge in [-0.1, -0.05) is 121 Å². The summed E-state index contributed by atoms with van der Waals surface area (Å²) in [6.07, 6.45) is 0. The zero-order valence-corrected chi connectivity index (χ0v) is 20.3. The quantitative estimate of drug-likeness (QED) is 0.247. The average Bonchev–Trinajstić information content (AvgIpc) is 2.97. The van der Waals surface area contributed by atoms with E-state index >= 15 is 0 Å². The maximum Gasteiger partial charge on any atom is 0.0487 e. The SMILES string of the molecule is CN(c1ccc(-c2ccc(-c3ccc4ccccc4c3)cc2)cc1)c1ccccc1-c1ccccc1. The molecule has 0 fully saturated rings. The first-order valence-electron chi connectivity index (χ1n) is 12.3. The van der Waals surface area contributed by atoms with Crippen LogP contribution in [0.2, 0.25) is 0 Å². The van der Waals surface area contributed by atoms with Crippen molar-refractivity contribution in [2.75, 3.05) is 11.9 Å². The molecule has 1 nitrogen and oxygen atoms in total. The molecule has 0 atom stereocenters. The Hall–Kier alpha value is -4.62. The number of fused-ring (bicyclic) bond motifs is 1. The van der Waals surface area contributed by atoms with Gasteiger partial charge in [-0.15, -0.1) is 0 Å². The molecular formula is C35H27N. The van der Waals surface area contributed by atoms with Crippen LogP contribution in [0.15, 0.2) is 146 Å². The summed E-state index contributed by atoms with van der Waals surface area (Å²) in [5.74, 6) is 0. The highest BCUT2D eigenvalue weighted by molar-refractivity contribution is 5.88. The van der Waals surface area contributed by atoms with E-state index in [1.54, 1.807) is 0 Å². The molecule has 0 saturated heterocycles. The highest BCUT2D eigenvalue weighted by Gasteiger charge is 2.11. The molecule has 1 heteroatoms. The molecule has 0 aliphatic carbocycles. The van der Waals surface area contributed by atoms with Gasteiger partial charge in [0.25, 0.3) is 0 Å². The molecule has 0 heterocycles. The van der Waals surface area contributed by atoms with Gasteiger partial charge in [0.15, 0.2) is 0 Å². The molecule has 6 rings (SSSR count). The van der Waals surface area contributed by atoms with Crippen LogP contribution in [0.4, 0.5) is 11.4 Å². The van der Waals surface area contributed by atoms with Gasteiger partial charge in [0, 0.05) is 24.0 Å². The van der Waals surface area contributed by atoms with Crippen molar-refractivity contribution in [1.82, 2.24) is 0 Å². The van der Waals surface area contributed by atoms with Crippen LogP contribution in [-0.4, -0.2) is 7.05 Å². The van der Waals surface area contributed by atoms with Crippen molar-refractivity contribution in [2.24, 2.45) is 0 Å². The fraction of sp³-hybridized carbons (Fsp3) is 0.0286. The molecule has 0 aromatic heterocycles. The summed E-state index contributed by atoms with van der Waals surface area (Å²) < 4.78 is 0. The van der Waals surface area contributed by atoms with Crippen molar-refractivity contribution in [2.45, 2.75) is 0 Å². The zero-order valence-electron chi connectivity index (χ0n) is 20.3. The lowest BCUT2D eigenvalue weighted by atomic mass is 9.98. The molecular weight excluding hydrogens is 434 g/mol. The van der Waals surface area contributed by atoms with Crippen LogP contribution in [-0.2, 0) is 0 Å². The lowest BCUT2D eigenvalue weighted by molar-refractivity contribution is 1.21. The van der Waals surface area contributed by atoms with E-state index < -0.39 is 0 Å². The Morgan fingerprint density at radius 3 is 1.64 bits per heavy atom. The van der Waals surface area contributed by atoms with Crippen LogP contribution in [0.3, 0.4) is 0 Å². The Labute approximate surface area is 212 Å². The second kappa shape index (κ2) is 9.56. The Morgan fingerprint density at radius 1 is 0.389 bits per heavy atom. The van der Waals surface area contributed by atoms with E-state index in [0.29, 0.717) is 0 Å². The van der Waals surface area contributed by atoms with Gasteiger partial charge in [-0.2, -0.15) is 0 Å². The predicted molar refractivity (Wildman–Crippen MR) is 155 cm³/mol. The predicted octanol–water partition coefficient (Wildman–Crippen LogP) is 9.61. The molecule has 0 aliphatic heterocycles. The summed E-state index contributed by atoms with van der Waals surface area (Å²) in [4.78, 5) is 2.26. The molecule has 172 valence electrons. The summed E-state index contributed by atoms with van der Waals surface area (Å²) in [6, 6.07) is 52.0. The lowest BCUT2D eigenvalue weighted by Gasteiger charge is -2.23. The van der Waals surface area contributed by atoms with Gasteiger partial charge < -0.3 is 4.90 Å². The van der Waals surface area contributed by atoms with Gasteiger partial charge >= 0.3 is 0 Å². The number of hydrogen-bond donors (Lipinski definition) is 0. The Balaban J connectivity index is 1.25. The minimum atomic E-state index is 1.16. The molecule has 6 aromatic carbocycles. The Morgan fingerprint density at radius 2 is 0.917 bits per heavy atom. The van der Waals surface area contributed by atoms with Crippen LogP contribution in [0.1, 0.15) is 0 Å². The van der Waals surface area contributed by atoms with Crippen LogP contribution in [0, 0.1) is 0 Å². The van der Waals surface area contributed by atoms with Crippen molar-refractivity contribution in [3.63, 3.8) is 0 Å². The van der Waals surface area contributed by atoms with E-state index in [1.807, 2.05) is 0 Å². The van der Waals surface area contributed by atoms with Crippen molar-refractivity contribution in [3.05, 3.63) is 146 Å². The number of para-hydroxylation sites is 1. The largest absolute Gasteiger partial charge is 0.344 e. The third-order valence-electron chi connectivity index (χ3n) is 6.91. The maximum absolute atomic E-state index is 2.27. The molecule has 6 aromatic rings. The number of nitrogens with zero attached hydrogens (tertiary/aromatic N) is 1. The highest BCUT2D eigenvalue weighted by atomic mass is 15.1. The van der Waals surface area contributed by atoms with Crippen molar-refractivity contribution >= 4 is 22.1 Å². The third kappa shape index (κ3) is 4.28. The van der Waals surface area contributed by atoms with E-state index in [2.05, 4.69) is 158 Å². The van der Waals surface area contributed by atoms with E-state index in [0.717, 1.165) is 5.69 Å². The van der Waals surface area contributed by atoms with Crippen molar-refractivity contribution < 1.29 is 0 Å². The second-order valence-electron chi connectivity index (χ2n) is 9.13. The summed E-state index contributed by atoms with van der Waals surface area (Å²) in [5.41, 5.74) is 9.72. The van der Waals surface area contributed by atoms with Crippen LogP contribution in [0.25, 0.3) is 44.2 Å². The molecule has 0 bridgehead atoms. The summed E-state index contributed by atoms with van der Waals surface area (Å²) in [7, 11) is 2.13. The van der Waals surface area contributed by atoms with Gasteiger partial charge in [0.2, 0.25) is 0 Å². The minimum Gasteiger partial charge on any atom is -0.344 e. The molecule has 0 N–H and O–H groups in total. The molecule has 0 radical (unpaired) electrons. The van der Waals surface area contributed by atoms with E-state index in [4.69, 9.17) is 0 Å². The fourth-order valence-corrected chi connectivity index (χ4v) is 4.87. The van der Waals surface area contributed by atoms with Crippen LogP contribution >= 0.6 is 0 Å². The number of hydrogen-bond acceptors (Lipinski definition) is 1. The molecule has 0 aliphatic rings. The number of anilines is 2. The van der Waals surface area contributed by atoms with Gasteiger partial charge in [0.1, 0.15) is 0 Å². The zero-order chi connectivity index (χ0) is 24.3. The molecule has 36 heavy (non-hydrogen) atoms. The number of benzene rings is 6. The van der Waals surface area contributed by atoms with E-state index in [9.17, 15) is 0 Å². The summed E-state index contributed by atoms with van der Waals surface area (Å²) in [5, 5.41) is 2.54. The Kier molecular flexibility index (Phi) is 5.81. The van der Waals surface area contributed by atoms with Crippen molar-refractivity contribution in [1.29, 1.82) is 0 Å². The van der Waals surface area contributed by atoms with Gasteiger partial charge in [-0.05, 0) is 62.9 Å². The van der Waals surface area contributed by atoms with Gasteiger partial charge in [-0.3, -0.25) is 0 Å². The topological polar surface area (TPSA) is 3.24 Å². The van der Waals surface area contributed by atoms with Crippen LogP contribution in [0.5, 0.6) is 0 Å². The normalized spacial score (nSPS) is 10.9. The van der Waals surface area contributed by atoms with Crippen LogP contribution < -0.4 is 4.90 Å². The number of rotatable bonds is 5. The van der Waals surface area contributed by atoms with Gasteiger partial charge in [-0.25, -0.2) is 0 Å². The minimum absolute atomic E-state index is 1.16. The molecule has 0 spiro atoms. The second-order valence-corrected chi connectivity index (χ2v) is 9.13. The molecule has 0 unspecified atom stereocenters. The Bertz CT molecular complexity index is 1610. The fourth-order valence-electron chi connectivity index (χ4n) is 4.87. The smallest absolute Gasteiger partial charge is 0.0487 e. The lowest BCUT2D eigenvalue weighted by Crippen LogP contribution is -2.10. The summed E-state index contributed by atoms with van der Waals surface area (Å²) >= 11 is 0. The molecule has 0 amide bonds. The first kappa shape index (κ1) is 21.9. The molecule has 0 saturated carbocycles. The first-order chi connectivity index (χ1) is 17.8. The standard InChI is InChI=1S/C35H27N/c1-36(35-14-8-7-13-34(35)30-10-3-2-4-11-30)33-23-21-28(22-24-33)27-15-17-29(18-16-27)32-20-19-26-9-5-6-12-31(26)25-32/h2-25H,1H3. The van der Waals surface area contributed by atoms with Gasteiger partial charge in [0.05, 0.1) is 0 Å². The third-order valence-corrected chi connectivity index (χ3v) is 6.91. The summed E-state index contributed by atoms with van der Waals surface area (Å²) in [6.45, 7) is 0. The van der Waals surface area contributed by atoms with Crippen molar-refractivity contribution in [3.8, 4) is 33.4 Å².